The van der Waals surface area contributed by atoms with Gasteiger partial charge in [0, 0.05) is 45.2 Å². The summed E-state index contributed by atoms with van der Waals surface area (Å²) >= 11 is 0. The highest BCUT2D eigenvalue weighted by Crippen LogP contribution is 2.33. The molecule has 1 heterocycles. The summed E-state index contributed by atoms with van der Waals surface area (Å²) < 4.78 is 0. The van der Waals surface area contributed by atoms with Crippen molar-refractivity contribution in [1.29, 1.82) is 0 Å². The number of phenolic OH excluding ortho intramolecular Hbond substituents is 1. The first kappa shape index (κ1) is 21.2. The molecule has 1 aliphatic carbocycles. The van der Waals surface area contributed by atoms with E-state index in [0.29, 0.717) is 26.1 Å². The van der Waals surface area contributed by atoms with Gasteiger partial charge in [-0.15, -0.1) is 0 Å². The number of hydrogen-bond donors (Lipinski definition) is 4. The Morgan fingerprint density at radius 1 is 1.10 bits per heavy atom. The molecule has 2 aliphatic rings. The van der Waals surface area contributed by atoms with Gasteiger partial charge >= 0.3 is 12.1 Å². The number of nitrogens with zero attached hydrogens (tertiary/aromatic N) is 2. The summed E-state index contributed by atoms with van der Waals surface area (Å²) in [6, 6.07) is 10.9. The number of likely N-dealkylation sites (tertiary alicyclic amines) is 1. The number of nitrogens with one attached hydrogen (secondary N) is 2. The molecular weight excluding hydrogens is 396 g/mol. The molecule has 0 unspecified atom stereocenters. The zero-order chi connectivity index (χ0) is 22.0. The van der Waals surface area contributed by atoms with Crippen molar-refractivity contribution >= 4 is 22.8 Å². The quantitative estimate of drug-likeness (QED) is 0.588. The van der Waals surface area contributed by atoms with E-state index in [-0.39, 0.29) is 42.4 Å². The molecular formula is C23H30N4O4. The molecule has 2 atom stereocenters. The Balaban J connectivity index is 1.45. The normalized spacial score (nSPS) is 21.0. The molecule has 4 amide bonds. The van der Waals surface area contributed by atoms with Crippen molar-refractivity contribution in [1.82, 2.24) is 20.4 Å². The maximum atomic E-state index is 13.1. The zero-order valence-corrected chi connectivity index (χ0v) is 17.8. The van der Waals surface area contributed by atoms with Crippen molar-refractivity contribution in [3.8, 4) is 5.75 Å². The highest BCUT2D eigenvalue weighted by molar-refractivity contribution is 5.84. The van der Waals surface area contributed by atoms with Crippen molar-refractivity contribution in [2.75, 3.05) is 26.7 Å². The molecule has 2 aromatic carbocycles. The molecule has 166 valence electrons. The van der Waals surface area contributed by atoms with Crippen LogP contribution in [0.25, 0.3) is 10.8 Å². The number of carbonyl (C=O) groups is 2. The topological polar surface area (TPSA) is 105 Å². The monoisotopic (exact) mass is 426 g/mol. The van der Waals surface area contributed by atoms with Gasteiger partial charge in [-0.25, -0.2) is 9.59 Å². The van der Waals surface area contributed by atoms with Crippen molar-refractivity contribution in [3.63, 3.8) is 0 Å². The minimum Gasteiger partial charge on any atom is -0.508 e. The summed E-state index contributed by atoms with van der Waals surface area (Å²) in [5.74, 6) is 0.190. The fourth-order valence-corrected chi connectivity index (χ4v) is 4.48. The molecule has 4 N–H and O–H groups in total. The van der Waals surface area contributed by atoms with Crippen LogP contribution in [0.15, 0.2) is 36.4 Å². The van der Waals surface area contributed by atoms with Crippen LogP contribution < -0.4 is 10.6 Å². The Hall–Kier alpha value is -3.00. The number of aromatic hydroxyl groups is 1. The molecule has 4 rings (SSSR count). The van der Waals surface area contributed by atoms with Gasteiger partial charge in [-0.05, 0) is 53.8 Å². The lowest BCUT2D eigenvalue weighted by molar-refractivity contribution is 0.0690. The number of rotatable bonds is 5. The third-order valence-electron chi connectivity index (χ3n) is 6.17. The molecule has 2 aromatic rings. The standard InChI is InChI=1S/C23H30N4O4/c1-24-22(30)26-12-16(14-28)9-20(13-26)27(19-5-6-19)23(31)25-11-15-2-3-18-10-21(29)7-4-17(18)8-15/h2-4,7-8,10,16,19-20,28-29H,5-6,9,11-14H2,1H3,(H,24,30)(H,25,31)/t16-,20+/m0/s1. The number of aliphatic hydroxyl groups is 1. The summed E-state index contributed by atoms with van der Waals surface area (Å²) in [7, 11) is 1.59. The van der Waals surface area contributed by atoms with Gasteiger partial charge in [-0.3, -0.25) is 0 Å². The maximum absolute atomic E-state index is 13.1. The lowest BCUT2D eigenvalue weighted by atomic mass is 9.94. The zero-order valence-electron chi connectivity index (χ0n) is 17.8. The predicted octanol–water partition coefficient (Wildman–Crippen LogP) is 2.24. The van der Waals surface area contributed by atoms with Crippen LogP contribution in [0.3, 0.4) is 0 Å². The molecule has 31 heavy (non-hydrogen) atoms. The Morgan fingerprint density at radius 3 is 2.55 bits per heavy atom. The number of phenols is 1. The Labute approximate surface area is 181 Å². The number of piperidine rings is 1. The van der Waals surface area contributed by atoms with E-state index in [0.717, 1.165) is 29.2 Å². The van der Waals surface area contributed by atoms with E-state index in [1.807, 2.05) is 29.2 Å². The van der Waals surface area contributed by atoms with Crippen LogP contribution in [0.1, 0.15) is 24.8 Å². The number of amides is 4. The van der Waals surface area contributed by atoms with E-state index < -0.39 is 0 Å². The molecule has 1 saturated heterocycles. The van der Waals surface area contributed by atoms with Crippen LogP contribution in [0.4, 0.5) is 9.59 Å². The molecule has 0 radical (unpaired) electrons. The average Bonchev–Trinajstić information content (AvgIpc) is 3.62. The smallest absolute Gasteiger partial charge is 0.318 e. The lowest BCUT2D eigenvalue weighted by Gasteiger charge is -2.42. The minimum absolute atomic E-state index is 0.00321. The van der Waals surface area contributed by atoms with Crippen LogP contribution >= 0.6 is 0 Å². The Kier molecular flexibility index (Phi) is 6.18. The van der Waals surface area contributed by atoms with Gasteiger partial charge in [0.15, 0.2) is 0 Å². The molecule has 2 fully saturated rings. The highest BCUT2D eigenvalue weighted by Gasteiger charge is 2.41. The van der Waals surface area contributed by atoms with E-state index in [1.165, 1.54) is 0 Å². The van der Waals surface area contributed by atoms with Gasteiger partial charge in [-0.2, -0.15) is 0 Å². The van der Waals surface area contributed by atoms with Gasteiger partial charge in [0.25, 0.3) is 0 Å². The first-order valence-electron chi connectivity index (χ1n) is 10.8. The maximum Gasteiger partial charge on any atom is 0.318 e. The Bertz CT molecular complexity index is 962. The first-order valence-corrected chi connectivity index (χ1v) is 10.8. The SMILES string of the molecule is CNC(=O)N1C[C@@H](CO)C[C@@H](N(C(=O)NCc2ccc3cc(O)ccc3c2)C2CC2)C1. The van der Waals surface area contributed by atoms with Crippen LogP contribution in [0.5, 0.6) is 5.75 Å². The first-order chi connectivity index (χ1) is 15.0. The lowest BCUT2D eigenvalue weighted by Crippen LogP contribution is -2.58. The van der Waals surface area contributed by atoms with Gasteiger partial charge in [0.2, 0.25) is 0 Å². The average molecular weight is 427 g/mol. The van der Waals surface area contributed by atoms with Crippen molar-refractivity contribution in [3.05, 3.63) is 42.0 Å². The third-order valence-corrected chi connectivity index (χ3v) is 6.17. The molecule has 0 bridgehead atoms. The minimum atomic E-state index is -0.179. The number of urea groups is 2. The second-order valence-electron chi connectivity index (χ2n) is 8.56. The van der Waals surface area contributed by atoms with E-state index in [2.05, 4.69) is 10.6 Å². The summed E-state index contributed by atoms with van der Waals surface area (Å²) in [5.41, 5.74) is 0.978. The largest absolute Gasteiger partial charge is 0.508 e. The second-order valence-corrected chi connectivity index (χ2v) is 8.56. The van der Waals surface area contributed by atoms with Gasteiger partial charge in [0.1, 0.15) is 5.75 Å². The van der Waals surface area contributed by atoms with Crippen molar-refractivity contribution in [2.45, 2.75) is 37.9 Å². The van der Waals surface area contributed by atoms with Gasteiger partial charge in [0.05, 0.1) is 6.04 Å². The van der Waals surface area contributed by atoms with Crippen LogP contribution in [0.2, 0.25) is 0 Å². The molecule has 1 saturated carbocycles. The summed E-state index contributed by atoms with van der Waals surface area (Å²) in [4.78, 5) is 28.9. The fourth-order valence-electron chi connectivity index (χ4n) is 4.48. The van der Waals surface area contributed by atoms with Gasteiger partial charge < -0.3 is 30.6 Å². The summed E-state index contributed by atoms with van der Waals surface area (Å²) in [6.45, 7) is 1.37. The second kappa shape index (κ2) is 9.01. The number of benzene rings is 2. The molecule has 8 heteroatoms. The summed E-state index contributed by atoms with van der Waals surface area (Å²) in [6.07, 6.45) is 2.62. The summed E-state index contributed by atoms with van der Waals surface area (Å²) in [5, 5.41) is 27.0. The highest BCUT2D eigenvalue weighted by atomic mass is 16.3. The third kappa shape index (κ3) is 4.85. The molecule has 0 aromatic heterocycles. The van der Waals surface area contributed by atoms with Crippen LogP contribution in [-0.4, -0.2) is 70.9 Å². The predicted molar refractivity (Wildman–Crippen MR) is 118 cm³/mol. The molecule has 8 nitrogen and oxygen atoms in total. The Morgan fingerprint density at radius 2 is 1.84 bits per heavy atom. The van der Waals surface area contributed by atoms with Gasteiger partial charge in [-0.1, -0.05) is 18.2 Å². The fraction of sp³-hybridized carbons (Fsp3) is 0.478. The number of carbonyl (C=O) groups excluding carboxylic acids is 2. The number of hydrogen-bond acceptors (Lipinski definition) is 4. The number of fused-ring (bicyclic) bond motifs is 1. The molecule has 1 aliphatic heterocycles. The van der Waals surface area contributed by atoms with Crippen LogP contribution in [0, 0.1) is 5.92 Å². The van der Waals surface area contributed by atoms with E-state index in [4.69, 9.17) is 0 Å². The van der Waals surface area contributed by atoms with Crippen LogP contribution in [-0.2, 0) is 6.54 Å². The van der Waals surface area contributed by atoms with E-state index in [1.54, 1.807) is 24.1 Å². The van der Waals surface area contributed by atoms with E-state index >= 15 is 0 Å². The number of aliphatic hydroxyl groups excluding tert-OH is 1. The van der Waals surface area contributed by atoms with Crippen molar-refractivity contribution in [2.24, 2.45) is 5.92 Å². The molecule has 0 spiro atoms. The van der Waals surface area contributed by atoms with Crippen molar-refractivity contribution < 1.29 is 19.8 Å². The van der Waals surface area contributed by atoms with E-state index in [9.17, 15) is 19.8 Å².